The van der Waals surface area contributed by atoms with Crippen LogP contribution in [0.15, 0.2) is 66.7 Å². The Kier molecular flexibility index (Phi) is 7.68. The molecule has 3 atom stereocenters. The average molecular weight is 698 g/mol. The lowest BCUT2D eigenvalue weighted by atomic mass is 9.98. The number of likely N-dealkylation sites (tertiary alicyclic amines) is 2. The first kappa shape index (κ1) is 32.1. The number of carbonyl (C=O) groups excluding carboxylic acids is 2. The number of hydrogen-bond donors (Lipinski definition) is 2. The second-order valence-corrected chi connectivity index (χ2v) is 14.8. The number of carboxylic acid groups (broad SMARTS) is 1. The van der Waals surface area contributed by atoms with Gasteiger partial charge in [0.2, 0.25) is 0 Å². The highest BCUT2D eigenvalue weighted by Crippen LogP contribution is 2.41. The Hall–Kier alpha value is -5.83. The molecule has 4 fully saturated rings. The van der Waals surface area contributed by atoms with Crippen molar-refractivity contribution in [2.45, 2.75) is 50.9 Å². The quantitative estimate of drug-likeness (QED) is 0.204. The number of para-hydroxylation sites is 1. The zero-order valence-electron chi connectivity index (χ0n) is 28.9. The summed E-state index contributed by atoms with van der Waals surface area (Å²) in [5.41, 5.74) is 5.14. The molecule has 2 N–H and O–H groups in total. The standard InChI is InChI=1S/C40H39N7O5/c1-52-34-16-29(39(49)46-22-28-12-13-32(46)35(28)43-40(50)51)14-30-36(34)47(21-25-18-44(19-25)38(48)26-10-8-23(17-41)9-11-26)37(42-30)33-15-27-4-2-3-5-31(27)45(33)20-24-6-7-24/h2-5,8-11,14-16,24-25,28,32,35,43H,6-7,12-13,18-22H2,1H3,(H,50,51)/t28-,32-,35-/m1/s1. The molecule has 2 bridgehead atoms. The highest BCUT2D eigenvalue weighted by atomic mass is 16.5. The van der Waals surface area contributed by atoms with Crippen molar-refractivity contribution in [2.75, 3.05) is 26.7 Å². The number of aromatic nitrogens is 3. The van der Waals surface area contributed by atoms with Crippen molar-refractivity contribution < 1.29 is 24.2 Å². The van der Waals surface area contributed by atoms with E-state index in [2.05, 4.69) is 44.8 Å². The lowest BCUT2D eigenvalue weighted by molar-refractivity contribution is 0.0471. The predicted octanol–water partition coefficient (Wildman–Crippen LogP) is 5.59. The molecule has 4 heterocycles. The van der Waals surface area contributed by atoms with Crippen LogP contribution in [0, 0.1) is 29.1 Å². The van der Waals surface area contributed by atoms with E-state index in [1.165, 1.54) is 12.8 Å². The van der Waals surface area contributed by atoms with Crippen LogP contribution in [-0.2, 0) is 13.1 Å². The zero-order valence-corrected chi connectivity index (χ0v) is 28.9. The molecule has 3 amide bonds. The molecular formula is C40H39N7O5. The SMILES string of the molecule is COc1cc(C(=O)N2C[C@H]3CC[C@@H]2[C@@H]3NC(=O)O)cc2nc(-c3cc4ccccc4n3CC3CC3)n(CC3CN(C(=O)c4ccc(C#N)cc4)C3)c12. The number of hydrogen-bond acceptors (Lipinski definition) is 6. The summed E-state index contributed by atoms with van der Waals surface area (Å²) in [5.74, 6) is 1.99. The maximum atomic E-state index is 14.1. The van der Waals surface area contributed by atoms with Crippen molar-refractivity contribution in [3.8, 4) is 23.3 Å². The third kappa shape index (κ3) is 5.43. The fourth-order valence-corrected chi connectivity index (χ4v) is 8.77. The number of nitrogens with one attached hydrogen (secondary N) is 1. The molecule has 12 nitrogen and oxygen atoms in total. The van der Waals surface area contributed by atoms with Crippen molar-refractivity contribution in [3.63, 3.8) is 0 Å². The predicted molar refractivity (Wildman–Crippen MR) is 193 cm³/mol. The molecule has 0 spiro atoms. The molecule has 2 aliphatic carbocycles. The Bertz CT molecular complexity index is 2290. The van der Waals surface area contributed by atoms with Gasteiger partial charge in [-0.1, -0.05) is 18.2 Å². The molecule has 2 saturated heterocycles. The van der Waals surface area contributed by atoms with Crippen molar-refractivity contribution in [1.82, 2.24) is 29.2 Å². The van der Waals surface area contributed by atoms with Crippen molar-refractivity contribution >= 4 is 39.8 Å². The summed E-state index contributed by atoms with van der Waals surface area (Å²) in [4.78, 5) is 47.9. The first-order chi connectivity index (χ1) is 25.3. The largest absolute Gasteiger partial charge is 0.494 e. The maximum absolute atomic E-state index is 14.1. The molecule has 12 heteroatoms. The topological polar surface area (TPSA) is 146 Å². The Labute approximate surface area is 300 Å². The summed E-state index contributed by atoms with van der Waals surface area (Å²) in [6.45, 7) is 3.15. The van der Waals surface area contributed by atoms with Crippen LogP contribution >= 0.6 is 0 Å². The van der Waals surface area contributed by atoms with Gasteiger partial charge in [0.05, 0.1) is 42.0 Å². The summed E-state index contributed by atoms with van der Waals surface area (Å²) in [5, 5.41) is 22.4. The molecule has 0 unspecified atom stereocenters. The number of fused-ring (bicyclic) bond motifs is 4. The minimum Gasteiger partial charge on any atom is -0.494 e. The van der Waals surface area contributed by atoms with Gasteiger partial charge in [-0.25, -0.2) is 9.78 Å². The summed E-state index contributed by atoms with van der Waals surface area (Å²) in [6.07, 6.45) is 2.99. The van der Waals surface area contributed by atoms with E-state index in [4.69, 9.17) is 15.0 Å². The number of rotatable bonds is 9. The van der Waals surface area contributed by atoms with Crippen molar-refractivity contribution in [3.05, 3.63) is 83.4 Å². The minimum absolute atomic E-state index is 0.0573. The highest BCUT2D eigenvalue weighted by molar-refractivity contribution is 6.01. The fourth-order valence-electron chi connectivity index (χ4n) is 8.77. The van der Waals surface area contributed by atoms with Crippen molar-refractivity contribution in [1.29, 1.82) is 5.26 Å². The Morgan fingerprint density at radius 2 is 1.67 bits per heavy atom. The molecule has 3 aromatic carbocycles. The molecule has 5 aromatic rings. The number of benzene rings is 3. The van der Waals surface area contributed by atoms with Gasteiger partial charge < -0.3 is 34.1 Å². The second-order valence-electron chi connectivity index (χ2n) is 14.8. The third-order valence-corrected chi connectivity index (χ3v) is 11.5. The zero-order chi connectivity index (χ0) is 35.7. The van der Waals surface area contributed by atoms with Crippen LogP contribution in [0.5, 0.6) is 5.75 Å². The maximum Gasteiger partial charge on any atom is 0.404 e. The Morgan fingerprint density at radius 1 is 0.904 bits per heavy atom. The number of piperidine rings is 1. The Morgan fingerprint density at radius 3 is 2.40 bits per heavy atom. The van der Waals surface area contributed by atoms with E-state index in [0.717, 1.165) is 47.3 Å². The summed E-state index contributed by atoms with van der Waals surface area (Å²) in [6, 6.07) is 22.6. The lowest BCUT2D eigenvalue weighted by Gasteiger charge is -2.40. The fraction of sp³-hybridized carbons (Fsp3) is 0.375. The monoisotopic (exact) mass is 697 g/mol. The number of carbonyl (C=O) groups is 3. The van der Waals surface area contributed by atoms with Gasteiger partial charge in [-0.05, 0) is 86.1 Å². The van der Waals surface area contributed by atoms with Crippen LogP contribution in [0.25, 0.3) is 33.5 Å². The van der Waals surface area contributed by atoms with Crippen LogP contribution in [-0.4, -0.2) is 85.8 Å². The van der Waals surface area contributed by atoms with Crippen LogP contribution < -0.4 is 10.1 Å². The van der Waals surface area contributed by atoms with E-state index in [-0.39, 0.29) is 35.7 Å². The molecular weight excluding hydrogens is 658 g/mol. The van der Waals surface area contributed by atoms with Gasteiger partial charge in [-0.15, -0.1) is 0 Å². The van der Waals surface area contributed by atoms with Crippen molar-refractivity contribution in [2.24, 2.45) is 17.8 Å². The number of nitrogens with zero attached hydrogens (tertiary/aromatic N) is 6. The molecule has 2 aromatic heterocycles. The first-order valence-electron chi connectivity index (χ1n) is 18.1. The van der Waals surface area contributed by atoms with E-state index < -0.39 is 6.09 Å². The molecule has 264 valence electrons. The molecule has 2 saturated carbocycles. The molecule has 2 aliphatic heterocycles. The van der Waals surface area contributed by atoms with Gasteiger partial charge in [-0.2, -0.15) is 5.26 Å². The van der Waals surface area contributed by atoms with Gasteiger partial charge in [0.25, 0.3) is 11.8 Å². The minimum atomic E-state index is -1.07. The number of ether oxygens (including phenoxy) is 1. The van der Waals surface area contributed by atoms with Gasteiger partial charge in [-0.3, -0.25) is 9.59 Å². The third-order valence-electron chi connectivity index (χ3n) is 11.5. The molecule has 0 radical (unpaired) electrons. The number of nitriles is 1. The molecule has 4 aliphatic rings. The second kappa shape index (κ2) is 12.4. The van der Waals surface area contributed by atoms with Crippen LogP contribution in [0.1, 0.15) is 52.0 Å². The lowest BCUT2D eigenvalue weighted by Crippen LogP contribution is -2.51. The average Bonchev–Trinajstić information content (AvgIpc) is 3.45. The van der Waals surface area contributed by atoms with Crippen LogP contribution in [0.2, 0.25) is 0 Å². The summed E-state index contributed by atoms with van der Waals surface area (Å²) in [7, 11) is 1.61. The van der Waals surface area contributed by atoms with Gasteiger partial charge >= 0.3 is 6.09 Å². The van der Waals surface area contributed by atoms with E-state index >= 15 is 0 Å². The molecule has 52 heavy (non-hydrogen) atoms. The van der Waals surface area contributed by atoms with Crippen LogP contribution in [0.4, 0.5) is 4.79 Å². The Balaban J connectivity index is 1.09. The number of amides is 3. The van der Waals surface area contributed by atoms with E-state index in [9.17, 15) is 19.5 Å². The summed E-state index contributed by atoms with van der Waals surface area (Å²) >= 11 is 0. The smallest absolute Gasteiger partial charge is 0.404 e. The highest BCUT2D eigenvalue weighted by Gasteiger charge is 2.49. The first-order valence-corrected chi connectivity index (χ1v) is 18.1. The number of imidazole rings is 1. The van der Waals surface area contributed by atoms with Gasteiger partial charge in [0.15, 0.2) is 5.82 Å². The van der Waals surface area contributed by atoms with Crippen LogP contribution in [0.3, 0.4) is 0 Å². The van der Waals surface area contributed by atoms with E-state index in [0.29, 0.717) is 60.1 Å². The van der Waals surface area contributed by atoms with Gasteiger partial charge in [0.1, 0.15) is 11.3 Å². The number of methoxy groups -OCH3 is 1. The summed E-state index contributed by atoms with van der Waals surface area (Å²) < 4.78 is 10.6. The van der Waals surface area contributed by atoms with E-state index in [1.54, 1.807) is 37.4 Å². The normalized spacial score (nSPS) is 21.0. The van der Waals surface area contributed by atoms with Gasteiger partial charge in [0, 0.05) is 60.7 Å². The van der Waals surface area contributed by atoms with E-state index in [1.807, 2.05) is 21.9 Å². The molecule has 9 rings (SSSR count).